The average molecular weight is 304 g/mol. The largest absolute Gasteiger partial charge is 0.496 e. The monoisotopic (exact) mass is 303 g/mol. The Morgan fingerprint density at radius 2 is 1.83 bits per heavy atom. The maximum Gasteiger partial charge on any atom is 0.121 e. The van der Waals surface area contributed by atoms with Gasteiger partial charge in [-0.15, -0.1) is 0 Å². The first-order valence-corrected chi connectivity index (χ1v) is 6.42. The summed E-state index contributed by atoms with van der Waals surface area (Å²) in [5, 5.41) is 0. The van der Waals surface area contributed by atoms with E-state index in [0.29, 0.717) is 0 Å². The van der Waals surface area contributed by atoms with Crippen LogP contribution in [0.1, 0.15) is 11.1 Å². The molecule has 3 heteroatoms. The van der Waals surface area contributed by atoms with Crippen LogP contribution in [-0.4, -0.2) is 13.3 Å². The fourth-order valence-electron chi connectivity index (χ4n) is 1.64. The van der Waals surface area contributed by atoms with Crippen molar-refractivity contribution in [3.63, 3.8) is 0 Å². The molecule has 0 spiro atoms. The van der Waals surface area contributed by atoms with Crippen molar-refractivity contribution < 1.29 is 4.74 Å². The van der Waals surface area contributed by atoms with Crippen molar-refractivity contribution in [2.45, 2.75) is 6.92 Å². The molecule has 0 aliphatic heterocycles. The molecular formula is C15H14BrNO. The van der Waals surface area contributed by atoms with E-state index in [0.717, 1.165) is 27.0 Å². The van der Waals surface area contributed by atoms with Gasteiger partial charge in [-0.1, -0.05) is 28.1 Å². The summed E-state index contributed by atoms with van der Waals surface area (Å²) in [4.78, 5) is 4.45. The molecule has 0 radical (unpaired) electrons. The molecule has 0 N–H and O–H groups in total. The van der Waals surface area contributed by atoms with Crippen molar-refractivity contribution in [3.8, 4) is 5.75 Å². The number of methoxy groups -OCH3 is 1. The number of nitrogens with zero attached hydrogens (tertiary/aromatic N) is 1. The number of aryl methyl sites for hydroxylation is 1. The predicted octanol–water partition coefficient (Wildman–Crippen LogP) is 4.52. The van der Waals surface area contributed by atoms with Gasteiger partial charge in [-0.05, 0) is 48.4 Å². The Bertz CT molecular complexity index is 561. The van der Waals surface area contributed by atoms with E-state index in [1.54, 1.807) is 7.11 Å². The van der Waals surface area contributed by atoms with Gasteiger partial charge in [0.2, 0.25) is 0 Å². The van der Waals surface area contributed by atoms with E-state index >= 15 is 0 Å². The highest BCUT2D eigenvalue weighted by Crippen LogP contribution is 2.23. The van der Waals surface area contributed by atoms with Crippen LogP contribution in [0.5, 0.6) is 5.75 Å². The van der Waals surface area contributed by atoms with E-state index in [1.807, 2.05) is 55.6 Å². The fraction of sp³-hybridized carbons (Fsp3) is 0.133. The second-order valence-electron chi connectivity index (χ2n) is 3.96. The maximum atomic E-state index is 5.22. The van der Waals surface area contributed by atoms with Crippen LogP contribution >= 0.6 is 15.9 Å². The third-order valence-electron chi connectivity index (χ3n) is 2.61. The quantitative estimate of drug-likeness (QED) is 0.764. The van der Waals surface area contributed by atoms with E-state index in [-0.39, 0.29) is 0 Å². The summed E-state index contributed by atoms with van der Waals surface area (Å²) in [5.41, 5.74) is 3.09. The Labute approximate surface area is 115 Å². The maximum absolute atomic E-state index is 5.22. The highest BCUT2D eigenvalue weighted by Gasteiger charge is 1.98. The number of hydrogen-bond donors (Lipinski definition) is 0. The second kappa shape index (κ2) is 5.83. The zero-order valence-electron chi connectivity index (χ0n) is 10.4. The minimum atomic E-state index is 0.887. The summed E-state index contributed by atoms with van der Waals surface area (Å²) in [6, 6.07) is 13.9. The lowest BCUT2D eigenvalue weighted by Crippen LogP contribution is -1.86. The van der Waals surface area contributed by atoms with Crippen molar-refractivity contribution in [2.75, 3.05) is 7.11 Å². The zero-order valence-corrected chi connectivity index (χ0v) is 11.9. The SMILES string of the molecule is COc1ccc(N=Cc2ccc(Br)cc2)cc1C. The lowest BCUT2D eigenvalue weighted by Gasteiger charge is -2.04. The second-order valence-corrected chi connectivity index (χ2v) is 4.88. The van der Waals surface area contributed by atoms with E-state index < -0.39 is 0 Å². The van der Waals surface area contributed by atoms with E-state index in [2.05, 4.69) is 20.9 Å². The number of hydrogen-bond acceptors (Lipinski definition) is 2. The molecule has 0 heterocycles. The lowest BCUT2D eigenvalue weighted by atomic mass is 10.2. The molecule has 0 unspecified atom stereocenters. The normalized spacial score (nSPS) is 10.8. The summed E-state index contributed by atoms with van der Waals surface area (Å²) in [6.07, 6.45) is 1.85. The molecule has 2 rings (SSSR count). The van der Waals surface area contributed by atoms with Crippen molar-refractivity contribution in [1.29, 1.82) is 0 Å². The van der Waals surface area contributed by atoms with Crippen molar-refractivity contribution in [1.82, 2.24) is 0 Å². The standard InChI is InChI=1S/C15H14BrNO/c1-11-9-14(7-8-15(11)18-2)17-10-12-3-5-13(16)6-4-12/h3-10H,1-2H3. The topological polar surface area (TPSA) is 21.6 Å². The van der Waals surface area contributed by atoms with E-state index in [4.69, 9.17) is 4.74 Å². The van der Waals surface area contributed by atoms with Crippen LogP contribution in [0.3, 0.4) is 0 Å². The van der Waals surface area contributed by atoms with Gasteiger partial charge in [-0.3, -0.25) is 4.99 Å². The summed E-state index contributed by atoms with van der Waals surface area (Å²) >= 11 is 3.41. The van der Waals surface area contributed by atoms with Crippen molar-refractivity contribution in [2.24, 2.45) is 4.99 Å². The summed E-state index contributed by atoms with van der Waals surface area (Å²) in [5.74, 6) is 0.887. The molecule has 0 aromatic heterocycles. The Kier molecular flexibility index (Phi) is 4.15. The van der Waals surface area contributed by atoms with Crippen LogP contribution < -0.4 is 4.74 Å². The van der Waals surface area contributed by atoms with Crippen molar-refractivity contribution >= 4 is 27.8 Å². The molecular weight excluding hydrogens is 290 g/mol. The molecule has 0 saturated carbocycles. The first kappa shape index (κ1) is 12.8. The van der Waals surface area contributed by atoms with Crippen LogP contribution in [-0.2, 0) is 0 Å². The van der Waals surface area contributed by atoms with Gasteiger partial charge >= 0.3 is 0 Å². The van der Waals surface area contributed by atoms with Gasteiger partial charge in [0.15, 0.2) is 0 Å². The van der Waals surface area contributed by atoms with Gasteiger partial charge in [0.1, 0.15) is 5.75 Å². The number of ether oxygens (including phenoxy) is 1. The molecule has 2 aromatic carbocycles. The van der Waals surface area contributed by atoms with Crippen LogP contribution in [0.25, 0.3) is 0 Å². The minimum Gasteiger partial charge on any atom is -0.496 e. The van der Waals surface area contributed by atoms with Gasteiger partial charge in [-0.2, -0.15) is 0 Å². The molecule has 0 fully saturated rings. The van der Waals surface area contributed by atoms with Gasteiger partial charge in [0.05, 0.1) is 12.8 Å². The Hall–Kier alpha value is -1.61. The van der Waals surface area contributed by atoms with Gasteiger partial charge in [-0.25, -0.2) is 0 Å². The molecule has 0 bridgehead atoms. The van der Waals surface area contributed by atoms with Crippen LogP contribution in [0, 0.1) is 6.92 Å². The summed E-state index contributed by atoms with van der Waals surface area (Å²) in [6.45, 7) is 2.01. The first-order valence-electron chi connectivity index (χ1n) is 5.63. The Morgan fingerprint density at radius 3 is 2.44 bits per heavy atom. The Balaban J connectivity index is 2.18. The number of benzene rings is 2. The van der Waals surface area contributed by atoms with E-state index in [9.17, 15) is 0 Å². The molecule has 0 aliphatic carbocycles. The summed E-state index contributed by atoms with van der Waals surface area (Å²) in [7, 11) is 1.67. The summed E-state index contributed by atoms with van der Waals surface area (Å²) < 4.78 is 6.29. The molecule has 0 aliphatic rings. The van der Waals surface area contributed by atoms with Crippen molar-refractivity contribution in [3.05, 3.63) is 58.1 Å². The molecule has 92 valence electrons. The highest BCUT2D eigenvalue weighted by molar-refractivity contribution is 9.10. The third-order valence-corrected chi connectivity index (χ3v) is 3.14. The Morgan fingerprint density at radius 1 is 1.11 bits per heavy atom. The van der Waals surface area contributed by atoms with Crippen LogP contribution in [0.15, 0.2) is 51.9 Å². The molecule has 0 saturated heterocycles. The molecule has 0 atom stereocenters. The number of aliphatic imine (C=N–C) groups is 1. The van der Waals surface area contributed by atoms with Gasteiger partial charge in [0.25, 0.3) is 0 Å². The number of rotatable bonds is 3. The highest BCUT2D eigenvalue weighted by atomic mass is 79.9. The zero-order chi connectivity index (χ0) is 13.0. The smallest absolute Gasteiger partial charge is 0.121 e. The third kappa shape index (κ3) is 3.20. The molecule has 18 heavy (non-hydrogen) atoms. The van der Waals surface area contributed by atoms with Gasteiger partial charge in [0, 0.05) is 10.7 Å². The average Bonchev–Trinajstić information content (AvgIpc) is 2.38. The first-order chi connectivity index (χ1) is 8.69. The molecule has 2 aromatic rings. The fourth-order valence-corrected chi connectivity index (χ4v) is 1.91. The minimum absolute atomic E-state index is 0.887. The van der Waals surface area contributed by atoms with Crippen LogP contribution in [0.2, 0.25) is 0 Å². The number of halogens is 1. The van der Waals surface area contributed by atoms with Crippen LogP contribution in [0.4, 0.5) is 5.69 Å². The predicted molar refractivity (Wildman–Crippen MR) is 79.1 cm³/mol. The van der Waals surface area contributed by atoms with Gasteiger partial charge < -0.3 is 4.74 Å². The van der Waals surface area contributed by atoms with E-state index in [1.165, 1.54) is 0 Å². The molecule has 2 nitrogen and oxygen atoms in total. The lowest BCUT2D eigenvalue weighted by molar-refractivity contribution is 0.412. The molecule has 0 amide bonds.